The first-order valence-electron chi connectivity index (χ1n) is 7.79. The summed E-state index contributed by atoms with van der Waals surface area (Å²) in [5.74, 6) is 0.0308. The smallest absolute Gasteiger partial charge is 0.211 e. The molecule has 0 amide bonds. The molecule has 3 heterocycles. The zero-order valence-electron chi connectivity index (χ0n) is 13.5. The van der Waals surface area contributed by atoms with Crippen molar-refractivity contribution in [2.45, 2.75) is 19.2 Å². The van der Waals surface area contributed by atoms with E-state index in [4.69, 9.17) is 0 Å². The van der Waals surface area contributed by atoms with Crippen LogP contribution in [0.4, 0.5) is 0 Å². The lowest BCUT2D eigenvalue weighted by molar-refractivity contribution is 0.102. The number of carbonyl (C=O) groups excluding carboxylic acids is 1. The van der Waals surface area contributed by atoms with Crippen molar-refractivity contribution in [2.75, 3.05) is 0 Å². The number of ketones is 1. The average Bonchev–Trinajstić information content (AvgIpc) is 3.19. The number of H-pyrrole nitrogens is 1. The average molecular weight is 335 g/mol. The van der Waals surface area contributed by atoms with Crippen molar-refractivity contribution < 1.29 is 4.79 Å². The molecular weight excluding hydrogens is 318 g/mol. The van der Waals surface area contributed by atoms with Gasteiger partial charge in [-0.05, 0) is 32.0 Å². The van der Waals surface area contributed by atoms with Crippen LogP contribution < -0.4 is 5.32 Å². The Bertz CT molecular complexity index is 959. The molecule has 0 bridgehead atoms. The van der Waals surface area contributed by atoms with Gasteiger partial charge in [-0.2, -0.15) is 0 Å². The first-order valence-corrected chi connectivity index (χ1v) is 8.73. The Kier molecular flexibility index (Phi) is 3.65. The molecule has 0 radical (unpaired) electrons. The van der Waals surface area contributed by atoms with Gasteiger partial charge >= 0.3 is 0 Å². The molecular formula is C19H17N3OS. The van der Waals surface area contributed by atoms with Crippen LogP contribution in [0.5, 0.6) is 0 Å². The highest BCUT2D eigenvalue weighted by Gasteiger charge is 2.26. The lowest BCUT2D eigenvalue weighted by Gasteiger charge is -2.12. The van der Waals surface area contributed by atoms with Crippen molar-refractivity contribution in [1.82, 2.24) is 15.3 Å². The van der Waals surface area contributed by atoms with Gasteiger partial charge in [0.2, 0.25) is 5.78 Å². The third-order valence-electron chi connectivity index (χ3n) is 4.21. The van der Waals surface area contributed by atoms with E-state index in [0.29, 0.717) is 5.70 Å². The number of fused-ring (bicyclic) bond motifs is 1. The monoisotopic (exact) mass is 335 g/mol. The van der Waals surface area contributed by atoms with Crippen LogP contribution in [0.25, 0.3) is 10.9 Å². The maximum absolute atomic E-state index is 13.1. The molecule has 0 aliphatic carbocycles. The van der Waals surface area contributed by atoms with Crippen molar-refractivity contribution in [1.29, 1.82) is 0 Å². The van der Waals surface area contributed by atoms with Crippen LogP contribution in [-0.2, 0) is 0 Å². The van der Waals surface area contributed by atoms with Crippen LogP contribution >= 0.6 is 11.8 Å². The molecule has 5 heteroatoms. The second-order valence-corrected chi connectivity index (χ2v) is 6.96. The Balaban J connectivity index is 1.66. The second-order valence-electron chi connectivity index (χ2n) is 5.98. The number of nitrogens with zero attached hydrogens (tertiary/aromatic N) is 1. The van der Waals surface area contributed by atoms with E-state index in [1.165, 1.54) is 0 Å². The van der Waals surface area contributed by atoms with Crippen molar-refractivity contribution in [2.24, 2.45) is 0 Å². The van der Waals surface area contributed by atoms with E-state index in [1.807, 2.05) is 49.7 Å². The number of allylic oxidation sites excluding steroid dienone is 1. The third-order valence-corrected chi connectivity index (χ3v) is 5.24. The number of aromatic amines is 1. The summed E-state index contributed by atoms with van der Waals surface area (Å²) in [5, 5.41) is 6.25. The van der Waals surface area contributed by atoms with Gasteiger partial charge in [-0.15, -0.1) is 11.8 Å². The minimum Gasteiger partial charge on any atom is -0.366 e. The van der Waals surface area contributed by atoms with Crippen LogP contribution in [0.3, 0.4) is 0 Å². The quantitative estimate of drug-likeness (QED) is 0.703. The van der Waals surface area contributed by atoms with Gasteiger partial charge in [-0.3, -0.25) is 9.78 Å². The summed E-state index contributed by atoms with van der Waals surface area (Å²) < 4.78 is 0. The fraction of sp³-hybridized carbons (Fsp3) is 0.158. The summed E-state index contributed by atoms with van der Waals surface area (Å²) >= 11 is 1.60. The van der Waals surface area contributed by atoms with Crippen LogP contribution in [-0.4, -0.2) is 15.8 Å². The molecule has 0 saturated heterocycles. The third kappa shape index (κ3) is 2.51. The van der Waals surface area contributed by atoms with Gasteiger partial charge in [-0.1, -0.05) is 17.7 Å². The number of pyridine rings is 1. The van der Waals surface area contributed by atoms with Crippen LogP contribution in [0.15, 0.2) is 53.8 Å². The van der Waals surface area contributed by atoms with Crippen LogP contribution in [0, 0.1) is 13.8 Å². The SMILES string of the molecule is Cc1ccc2[nH]c(C)c(C(=O)C3=CSC(c4cccnc4)N3)c2c1. The fourth-order valence-electron chi connectivity index (χ4n) is 3.03. The van der Waals surface area contributed by atoms with Crippen molar-refractivity contribution >= 4 is 28.4 Å². The number of hydrogen-bond acceptors (Lipinski definition) is 4. The fourth-order valence-corrected chi connectivity index (χ4v) is 3.96. The molecule has 4 rings (SSSR count). The molecule has 2 aromatic heterocycles. The van der Waals surface area contributed by atoms with Crippen LogP contribution in [0.2, 0.25) is 0 Å². The number of benzene rings is 1. The van der Waals surface area contributed by atoms with Crippen molar-refractivity contribution in [3.8, 4) is 0 Å². The molecule has 1 aliphatic rings. The summed E-state index contributed by atoms with van der Waals surface area (Å²) in [5.41, 5.74) is 5.49. The van der Waals surface area contributed by atoms with E-state index in [9.17, 15) is 4.79 Å². The molecule has 0 saturated carbocycles. The van der Waals surface area contributed by atoms with Gasteiger partial charge in [0.15, 0.2) is 0 Å². The zero-order chi connectivity index (χ0) is 16.7. The van der Waals surface area contributed by atoms with E-state index in [-0.39, 0.29) is 11.2 Å². The van der Waals surface area contributed by atoms with Gasteiger partial charge < -0.3 is 10.3 Å². The highest BCUT2D eigenvalue weighted by atomic mass is 32.2. The Labute approximate surface area is 144 Å². The molecule has 1 atom stereocenters. The molecule has 2 N–H and O–H groups in total. The summed E-state index contributed by atoms with van der Waals surface area (Å²) in [7, 11) is 0. The highest BCUT2D eigenvalue weighted by Crippen LogP contribution is 2.36. The lowest BCUT2D eigenvalue weighted by atomic mass is 10.0. The number of nitrogens with one attached hydrogen (secondary N) is 2. The number of aryl methyl sites for hydroxylation is 2. The molecule has 120 valence electrons. The van der Waals surface area contributed by atoms with Gasteiger partial charge in [-0.25, -0.2) is 0 Å². The maximum atomic E-state index is 13.1. The Morgan fingerprint density at radius 1 is 1.25 bits per heavy atom. The number of carbonyl (C=O) groups is 1. The van der Waals surface area contributed by atoms with E-state index in [1.54, 1.807) is 18.0 Å². The summed E-state index contributed by atoms with van der Waals surface area (Å²) in [6, 6.07) is 10.1. The van der Waals surface area contributed by atoms with E-state index < -0.39 is 0 Å². The minimum atomic E-state index is 0.0308. The first-order chi connectivity index (χ1) is 11.6. The molecule has 24 heavy (non-hydrogen) atoms. The van der Waals surface area contributed by atoms with Gasteiger partial charge in [0, 0.05) is 40.0 Å². The van der Waals surface area contributed by atoms with Crippen molar-refractivity contribution in [3.63, 3.8) is 0 Å². The Hall–Kier alpha value is -2.53. The standard InChI is InChI=1S/C19H17N3OS/c1-11-5-6-15-14(8-11)17(12(2)21-15)18(23)16-10-24-19(22-16)13-4-3-7-20-9-13/h3-10,19,21-22H,1-2H3. The summed E-state index contributed by atoms with van der Waals surface area (Å²) in [6.07, 6.45) is 3.58. The Morgan fingerprint density at radius 2 is 2.12 bits per heavy atom. The van der Waals surface area contributed by atoms with Crippen molar-refractivity contribution in [3.05, 3.63) is 76.2 Å². The second kappa shape index (κ2) is 5.83. The normalized spacial score (nSPS) is 16.9. The Morgan fingerprint density at radius 3 is 2.92 bits per heavy atom. The van der Waals surface area contributed by atoms with E-state index in [2.05, 4.69) is 21.4 Å². The van der Waals surface area contributed by atoms with Gasteiger partial charge in [0.25, 0.3) is 0 Å². The molecule has 4 nitrogen and oxygen atoms in total. The molecule has 1 aliphatic heterocycles. The largest absolute Gasteiger partial charge is 0.366 e. The number of thioether (sulfide) groups is 1. The number of aromatic nitrogens is 2. The van der Waals surface area contributed by atoms with Crippen LogP contribution in [0.1, 0.15) is 32.6 Å². The molecule has 0 fully saturated rings. The number of rotatable bonds is 3. The molecule has 0 spiro atoms. The first kappa shape index (κ1) is 15.0. The lowest BCUT2D eigenvalue weighted by Crippen LogP contribution is -2.19. The zero-order valence-corrected chi connectivity index (χ0v) is 14.3. The number of hydrogen-bond donors (Lipinski definition) is 2. The molecule has 1 aromatic carbocycles. The predicted molar refractivity (Wildman–Crippen MR) is 97.9 cm³/mol. The van der Waals surface area contributed by atoms with E-state index >= 15 is 0 Å². The molecule has 3 aromatic rings. The van der Waals surface area contributed by atoms with Gasteiger partial charge in [0.1, 0.15) is 5.37 Å². The molecule has 1 unspecified atom stereocenters. The summed E-state index contributed by atoms with van der Waals surface area (Å²) in [6.45, 7) is 3.99. The van der Waals surface area contributed by atoms with Gasteiger partial charge in [0.05, 0.1) is 11.3 Å². The maximum Gasteiger partial charge on any atom is 0.211 e. The highest BCUT2D eigenvalue weighted by molar-refractivity contribution is 8.02. The predicted octanol–water partition coefficient (Wildman–Crippen LogP) is 4.24. The minimum absolute atomic E-state index is 0.0308. The summed E-state index contributed by atoms with van der Waals surface area (Å²) in [4.78, 5) is 20.5. The topological polar surface area (TPSA) is 57.8 Å². The number of Topliss-reactive ketones (excluding diaryl/α,β-unsaturated/α-hetero) is 1. The van der Waals surface area contributed by atoms with E-state index in [0.717, 1.165) is 33.3 Å².